The summed E-state index contributed by atoms with van der Waals surface area (Å²) < 4.78 is 0. The van der Waals surface area contributed by atoms with Crippen molar-refractivity contribution in [3.05, 3.63) is 0 Å². The first-order valence-corrected chi connectivity index (χ1v) is 13.7. The Morgan fingerprint density at radius 1 is 0.857 bits per heavy atom. The van der Waals surface area contributed by atoms with Crippen molar-refractivity contribution in [2.24, 2.45) is 46.8 Å². The van der Waals surface area contributed by atoms with E-state index < -0.39 is 72.0 Å². The number of aliphatic hydroxyl groups excluding tert-OH is 7. The zero-order chi connectivity index (χ0) is 26.0. The zero-order valence-corrected chi connectivity index (χ0v) is 21.6. The molecule has 0 aromatic carbocycles. The summed E-state index contributed by atoms with van der Waals surface area (Å²) in [5.41, 5.74) is -1.95. The fourth-order valence-corrected chi connectivity index (χ4v) is 8.75. The number of fused-ring (bicyclic) bond motifs is 3. The molecule has 12 unspecified atom stereocenters. The van der Waals surface area contributed by atoms with Crippen LogP contribution in [0.4, 0.5) is 0 Å². The van der Waals surface area contributed by atoms with Crippen LogP contribution in [0.15, 0.2) is 0 Å². The molecule has 4 aliphatic rings. The van der Waals surface area contributed by atoms with Crippen LogP contribution in [0.3, 0.4) is 0 Å². The van der Waals surface area contributed by atoms with Gasteiger partial charge in [0.15, 0.2) is 0 Å². The van der Waals surface area contributed by atoms with E-state index in [0.717, 1.165) is 6.42 Å². The standard InChI is InChI=1S/C27H48O8/c1-12(28)20-19(31)10-15-7-14-9-17-13(8-16(29)11-26(2,3)4)5-6-18(30)22(17)23(32)21(14)25(34)27(15,35)24(20)33/h12-25,28-35H,5-11H2,1-4H3/t12?,13?,14-,15+,16?,17?,18?,19?,20?,21?,22?,23?,24?,25?,27-/m1/s1. The minimum Gasteiger partial charge on any atom is -0.393 e. The zero-order valence-electron chi connectivity index (χ0n) is 21.6. The minimum atomic E-state index is -1.95. The van der Waals surface area contributed by atoms with Crippen LogP contribution >= 0.6 is 0 Å². The summed E-state index contributed by atoms with van der Waals surface area (Å²) in [7, 11) is 0. The van der Waals surface area contributed by atoms with E-state index in [1.165, 1.54) is 6.92 Å². The minimum absolute atomic E-state index is 0.00527. The molecular formula is C27H48O8. The van der Waals surface area contributed by atoms with Crippen LogP contribution in [0.25, 0.3) is 0 Å². The van der Waals surface area contributed by atoms with Crippen molar-refractivity contribution in [1.82, 2.24) is 0 Å². The lowest BCUT2D eigenvalue weighted by molar-refractivity contribution is -0.295. The first kappa shape index (κ1) is 27.7. The maximum Gasteiger partial charge on any atom is 0.120 e. The quantitative estimate of drug-likeness (QED) is 0.275. The Bertz CT molecular complexity index is 739. The molecule has 0 bridgehead atoms. The summed E-state index contributed by atoms with van der Waals surface area (Å²) in [6.07, 6.45) is -3.47. The highest BCUT2D eigenvalue weighted by Crippen LogP contribution is 2.58. The van der Waals surface area contributed by atoms with Crippen LogP contribution in [0.1, 0.15) is 72.6 Å². The molecule has 8 N–H and O–H groups in total. The van der Waals surface area contributed by atoms with Crippen LogP contribution < -0.4 is 0 Å². The number of hydrogen-bond donors (Lipinski definition) is 8. The Labute approximate surface area is 209 Å². The third-order valence-corrected chi connectivity index (χ3v) is 10.2. The molecule has 15 atom stereocenters. The molecule has 204 valence electrons. The maximum absolute atomic E-state index is 11.6. The normalized spacial score (nSPS) is 52.1. The van der Waals surface area contributed by atoms with Crippen molar-refractivity contribution in [1.29, 1.82) is 0 Å². The third-order valence-electron chi connectivity index (χ3n) is 10.2. The van der Waals surface area contributed by atoms with E-state index in [4.69, 9.17) is 0 Å². The van der Waals surface area contributed by atoms with Gasteiger partial charge < -0.3 is 40.9 Å². The molecule has 0 aromatic rings. The first-order chi connectivity index (χ1) is 16.2. The predicted molar refractivity (Wildman–Crippen MR) is 129 cm³/mol. The molecule has 0 saturated heterocycles. The summed E-state index contributed by atoms with van der Waals surface area (Å²) in [6, 6.07) is 0. The lowest BCUT2D eigenvalue weighted by Gasteiger charge is -2.62. The molecule has 8 heteroatoms. The predicted octanol–water partition coefficient (Wildman–Crippen LogP) is 0.408. The van der Waals surface area contributed by atoms with Gasteiger partial charge in [0.2, 0.25) is 0 Å². The largest absolute Gasteiger partial charge is 0.393 e. The molecule has 0 amide bonds. The van der Waals surface area contributed by atoms with Gasteiger partial charge in [-0.05, 0) is 81.0 Å². The lowest BCUT2D eigenvalue weighted by atomic mass is 9.47. The Morgan fingerprint density at radius 2 is 1.51 bits per heavy atom. The molecule has 0 aliphatic heterocycles. The summed E-state index contributed by atoms with van der Waals surface area (Å²) in [6.45, 7) is 7.74. The van der Waals surface area contributed by atoms with Crippen LogP contribution in [-0.4, -0.2) is 89.2 Å². The van der Waals surface area contributed by atoms with Gasteiger partial charge in [0.1, 0.15) is 5.60 Å². The second-order valence-electron chi connectivity index (χ2n) is 13.7. The molecule has 0 radical (unpaired) electrons. The van der Waals surface area contributed by atoms with Gasteiger partial charge >= 0.3 is 0 Å². The Morgan fingerprint density at radius 3 is 2.11 bits per heavy atom. The van der Waals surface area contributed by atoms with Crippen molar-refractivity contribution in [2.75, 3.05) is 0 Å². The SMILES string of the molecule is CC(O)C1C(O)C[C@@H]2C[C@@H]3CC4C(CC(O)CC(C)(C)C)CCC(O)C4C(O)C3C(O)[C@]2(O)C1O. The van der Waals surface area contributed by atoms with Crippen molar-refractivity contribution >= 4 is 0 Å². The molecular weight excluding hydrogens is 452 g/mol. The lowest BCUT2D eigenvalue weighted by Crippen LogP contribution is -2.73. The molecule has 0 aromatic heterocycles. The summed E-state index contributed by atoms with van der Waals surface area (Å²) in [4.78, 5) is 0. The fraction of sp³-hybridized carbons (Fsp3) is 1.00. The first-order valence-electron chi connectivity index (χ1n) is 13.7. The highest BCUT2D eigenvalue weighted by molar-refractivity contribution is 5.16. The van der Waals surface area contributed by atoms with Crippen LogP contribution in [0.2, 0.25) is 0 Å². The average Bonchev–Trinajstić information content (AvgIpc) is 2.71. The van der Waals surface area contributed by atoms with Gasteiger partial charge in [-0.2, -0.15) is 0 Å². The van der Waals surface area contributed by atoms with E-state index in [1.807, 2.05) is 0 Å². The maximum atomic E-state index is 11.6. The van der Waals surface area contributed by atoms with E-state index in [0.29, 0.717) is 32.1 Å². The van der Waals surface area contributed by atoms with Crippen molar-refractivity contribution in [3.63, 3.8) is 0 Å². The smallest absolute Gasteiger partial charge is 0.120 e. The van der Waals surface area contributed by atoms with Gasteiger partial charge in [0.05, 0.1) is 42.7 Å². The van der Waals surface area contributed by atoms with Crippen molar-refractivity contribution in [3.8, 4) is 0 Å². The monoisotopic (exact) mass is 500 g/mol. The van der Waals surface area contributed by atoms with E-state index >= 15 is 0 Å². The van der Waals surface area contributed by atoms with E-state index in [2.05, 4.69) is 20.8 Å². The second kappa shape index (κ2) is 9.77. The fourth-order valence-electron chi connectivity index (χ4n) is 8.75. The molecule has 4 rings (SSSR count). The van der Waals surface area contributed by atoms with E-state index in [9.17, 15) is 40.9 Å². The molecule has 8 nitrogen and oxygen atoms in total. The van der Waals surface area contributed by atoms with Gasteiger partial charge in [-0.15, -0.1) is 0 Å². The van der Waals surface area contributed by atoms with Gasteiger partial charge in [-0.1, -0.05) is 20.8 Å². The van der Waals surface area contributed by atoms with Gasteiger partial charge in [0.25, 0.3) is 0 Å². The van der Waals surface area contributed by atoms with Crippen molar-refractivity contribution < 1.29 is 40.9 Å². The van der Waals surface area contributed by atoms with Crippen LogP contribution in [0.5, 0.6) is 0 Å². The summed E-state index contributed by atoms with van der Waals surface area (Å²) in [5, 5.41) is 88.1. The number of rotatable bonds is 4. The molecule has 0 spiro atoms. The molecule has 35 heavy (non-hydrogen) atoms. The molecule has 4 saturated carbocycles. The van der Waals surface area contributed by atoms with Gasteiger partial charge in [-0.25, -0.2) is 0 Å². The Hall–Kier alpha value is -0.320. The van der Waals surface area contributed by atoms with E-state index in [-0.39, 0.29) is 29.6 Å². The highest BCUT2D eigenvalue weighted by atomic mass is 16.4. The summed E-state index contributed by atoms with van der Waals surface area (Å²) >= 11 is 0. The number of aliphatic hydroxyl groups is 8. The van der Waals surface area contributed by atoms with Crippen molar-refractivity contribution in [2.45, 2.75) is 121 Å². The molecule has 0 heterocycles. The number of hydrogen-bond acceptors (Lipinski definition) is 8. The Kier molecular flexibility index (Phi) is 7.73. The van der Waals surface area contributed by atoms with Crippen LogP contribution in [-0.2, 0) is 0 Å². The molecule has 4 aliphatic carbocycles. The topological polar surface area (TPSA) is 162 Å². The highest BCUT2D eigenvalue weighted by Gasteiger charge is 2.66. The summed E-state index contributed by atoms with van der Waals surface area (Å²) in [5.74, 6) is -2.74. The second-order valence-corrected chi connectivity index (χ2v) is 13.7. The Balaban J connectivity index is 1.59. The van der Waals surface area contributed by atoms with E-state index in [1.54, 1.807) is 0 Å². The average molecular weight is 501 g/mol. The van der Waals surface area contributed by atoms with Crippen LogP contribution in [0, 0.1) is 46.8 Å². The third kappa shape index (κ3) is 4.83. The van der Waals surface area contributed by atoms with Gasteiger partial charge in [0, 0.05) is 17.8 Å². The molecule has 4 fully saturated rings. The van der Waals surface area contributed by atoms with Gasteiger partial charge in [-0.3, -0.25) is 0 Å².